The number of nitrogens with two attached hydrogens (primary N) is 1. The van der Waals surface area contributed by atoms with Crippen LogP contribution in [0.15, 0.2) is 0 Å². The van der Waals surface area contributed by atoms with Crippen LogP contribution in [0.3, 0.4) is 0 Å². The molecule has 0 bridgehead atoms. The molecule has 0 radical (unpaired) electrons. The summed E-state index contributed by atoms with van der Waals surface area (Å²) in [5.74, 6) is 0. The minimum Gasteiger partial charge on any atom is -0.324 e. The molecule has 0 aliphatic heterocycles. The molecule has 0 aromatic rings. The quantitative estimate of drug-likeness (QED) is 0.694. The molecule has 0 heterocycles. The zero-order valence-electron chi connectivity index (χ0n) is 9.28. The van der Waals surface area contributed by atoms with Gasteiger partial charge in [0, 0.05) is 18.1 Å². The van der Waals surface area contributed by atoms with Crippen LogP contribution in [0.5, 0.6) is 0 Å². The van der Waals surface area contributed by atoms with Crippen LogP contribution in [0.4, 0.5) is 0 Å². The number of nitrogens with one attached hydrogen (secondary N) is 1. The molecule has 2 saturated carbocycles. The van der Waals surface area contributed by atoms with E-state index in [1.165, 1.54) is 12.8 Å². The van der Waals surface area contributed by atoms with Crippen LogP contribution in [-0.4, -0.2) is 18.1 Å². The molecule has 0 atom stereocenters. The maximum absolute atomic E-state index is 6.04. The van der Waals surface area contributed by atoms with Crippen molar-refractivity contribution in [2.24, 2.45) is 16.6 Å². The lowest BCUT2D eigenvalue weighted by atomic mass is 10.0. The lowest BCUT2D eigenvalue weighted by Crippen LogP contribution is -2.38. The van der Waals surface area contributed by atoms with Gasteiger partial charge < -0.3 is 11.1 Å². The SMILES string of the molecule is CC1(C)C(NCC2(N)CC2)C1(C)C. The Labute approximate surface area is 81.3 Å². The number of hydrogen-bond donors (Lipinski definition) is 2. The van der Waals surface area contributed by atoms with Gasteiger partial charge in [0.05, 0.1) is 0 Å². The van der Waals surface area contributed by atoms with Crippen LogP contribution in [-0.2, 0) is 0 Å². The van der Waals surface area contributed by atoms with Crippen LogP contribution in [0.25, 0.3) is 0 Å². The smallest absolute Gasteiger partial charge is 0.0282 e. The average Bonchev–Trinajstić information content (AvgIpc) is 2.75. The second kappa shape index (κ2) is 2.29. The maximum Gasteiger partial charge on any atom is 0.0282 e. The van der Waals surface area contributed by atoms with Crippen molar-refractivity contribution in [1.82, 2.24) is 5.32 Å². The molecule has 2 aliphatic rings. The molecule has 0 unspecified atom stereocenters. The molecule has 2 aliphatic carbocycles. The van der Waals surface area contributed by atoms with Gasteiger partial charge in [0.15, 0.2) is 0 Å². The van der Waals surface area contributed by atoms with Crippen molar-refractivity contribution in [3.63, 3.8) is 0 Å². The zero-order valence-corrected chi connectivity index (χ0v) is 9.28. The van der Waals surface area contributed by atoms with Crippen molar-refractivity contribution >= 4 is 0 Å². The second-order valence-corrected chi connectivity index (χ2v) is 6.12. The topological polar surface area (TPSA) is 38.0 Å². The third-order valence-corrected chi connectivity index (χ3v) is 4.57. The monoisotopic (exact) mass is 182 g/mol. The Bertz CT molecular complexity index is 212. The summed E-state index contributed by atoms with van der Waals surface area (Å²) in [6.07, 6.45) is 2.40. The summed E-state index contributed by atoms with van der Waals surface area (Å²) >= 11 is 0. The third-order valence-electron chi connectivity index (χ3n) is 4.57. The highest BCUT2D eigenvalue weighted by Gasteiger charge is 2.64. The molecule has 0 spiro atoms. The molecule has 13 heavy (non-hydrogen) atoms. The summed E-state index contributed by atoms with van der Waals surface area (Å²) in [5, 5.41) is 3.61. The average molecular weight is 182 g/mol. The number of rotatable bonds is 3. The molecule has 0 aromatic heterocycles. The Morgan fingerprint density at radius 2 is 1.62 bits per heavy atom. The summed E-state index contributed by atoms with van der Waals surface area (Å²) in [5.41, 5.74) is 7.07. The van der Waals surface area contributed by atoms with Crippen molar-refractivity contribution in [2.45, 2.75) is 52.1 Å². The second-order valence-electron chi connectivity index (χ2n) is 6.12. The van der Waals surface area contributed by atoms with E-state index in [2.05, 4.69) is 33.0 Å². The lowest BCUT2D eigenvalue weighted by molar-refractivity contribution is 0.457. The molecule has 0 amide bonds. The summed E-state index contributed by atoms with van der Waals surface area (Å²) in [7, 11) is 0. The van der Waals surface area contributed by atoms with Crippen molar-refractivity contribution in [3.8, 4) is 0 Å². The van der Waals surface area contributed by atoms with Gasteiger partial charge in [-0.2, -0.15) is 0 Å². The van der Waals surface area contributed by atoms with Crippen LogP contribution < -0.4 is 11.1 Å². The first kappa shape index (κ1) is 9.47. The van der Waals surface area contributed by atoms with Gasteiger partial charge in [-0.1, -0.05) is 27.7 Å². The highest BCUT2D eigenvalue weighted by Crippen LogP contribution is 2.62. The molecule has 2 heteroatoms. The van der Waals surface area contributed by atoms with E-state index in [0.717, 1.165) is 6.54 Å². The normalized spacial score (nSPS) is 33.0. The van der Waals surface area contributed by atoms with E-state index in [0.29, 0.717) is 16.9 Å². The molecule has 2 fully saturated rings. The molecular formula is C11H22N2. The largest absolute Gasteiger partial charge is 0.324 e. The minimum atomic E-state index is 0.148. The van der Waals surface area contributed by atoms with Gasteiger partial charge in [-0.25, -0.2) is 0 Å². The van der Waals surface area contributed by atoms with E-state index in [1.54, 1.807) is 0 Å². The Balaban J connectivity index is 1.85. The fourth-order valence-corrected chi connectivity index (χ4v) is 2.35. The summed E-state index contributed by atoms with van der Waals surface area (Å²) in [6, 6.07) is 0.654. The fourth-order valence-electron chi connectivity index (χ4n) is 2.35. The Morgan fingerprint density at radius 1 is 1.15 bits per heavy atom. The number of hydrogen-bond acceptors (Lipinski definition) is 2. The fraction of sp³-hybridized carbons (Fsp3) is 1.00. The van der Waals surface area contributed by atoms with Crippen molar-refractivity contribution in [2.75, 3.05) is 6.54 Å². The van der Waals surface area contributed by atoms with Gasteiger partial charge in [-0.15, -0.1) is 0 Å². The van der Waals surface area contributed by atoms with Crippen molar-refractivity contribution in [3.05, 3.63) is 0 Å². The van der Waals surface area contributed by atoms with Crippen molar-refractivity contribution in [1.29, 1.82) is 0 Å². The molecule has 3 N–H and O–H groups in total. The van der Waals surface area contributed by atoms with Gasteiger partial charge in [0.1, 0.15) is 0 Å². The van der Waals surface area contributed by atoms with Gasteiger partial charge in [-0.05, 0) is 23.7 Å². The van der Waals surface area contributed by atoms with E-state index in [4.69, 9.17) is 5.73 Å². The molecule has 2 nitrogen and oxygen atoms in total. The van der Waals surface area contributed by atoms with Crippen LogP contribution >= 0.6 is 0 Å². The van der Waals surface area contributed by atoms with E-state index >= 15 is 0 Å². The van der Waals surface area contributed by atoms with Crippen molar-refractivity contribution < 1.29 is 0 Å². The summed E-state index contributed by atoms with van der Waals surface area (Å²) in [4.78, 5) is 0. The van der Waals surface area contributed by atoms with Gasteiger partial charge in [-0.3, -0.25) is 0 Å². The molecule has 76 valence electrons. The Morgan fingerprint density at radius 3 is 1.92 bits per heavy atom. The van der Waals surface area contributed by atoms with E-state index in [1.807, 2.05) is 0 Å². The maximum atomic E-state index is 6.04. The third kappa shape index (κ3) is 1.31. The van der Waals surface area contributed by atoms with Crippen LogP contribution in [0.2, 0.25) is 0 Å². The predicted octanol–water partition coefficient (Wildman–Crippen LogP) is 1.50. The molecule has 0 saturated heterocycles. The Hall–Kier alpha value is -0.0800. The molecule has 2 rings (SSSR count). The Kier molecular flexibility index (Phi) is 1.67. The first-order valence-electron chi connectivity index (χ1n) is 5.32. The van der Waals surface area contributed by atoms with Gasteiger partial charge in [0.2, 0.25) is 0 Å². The predicted molar refractivity (Wildman–Crippen MR) is 55.5 cm³/mol. The standard InChI is InChI=1S/C11H22N2/c1-9(2)8(10(9,3)4)13-7-11(12)5-6-11/h8,13H,5-7,12H2,1-4H3. The molecule has 0 aromatic carbocycles. The van der Waals surface area contributed by atoms with Crippen LogP contribution in [0, 0.1) is 10.8 Å². The van der Waals surface area contributed by atoms with Crippen LogP contribution in [0.1, 0.15) is 40.5 Å². The zero-order chi connectivity index (χ0) is 9.91. The van der Waals surface area contributed by atoms with Gasteiger partial charge in [0.25, 0.3) is 0 Å². The summed E-state index contributed by atoms with van der Waals surface area (Å²) in [6.45, 7) is 10.3. The van der Waals surface area contributed by atoms with E-state index in [-0.39, 0.29) is 5.54 Å². The molecular weight excluding hydrogens is 160 g/mol. The lowest BCUT2D eigenvalue weighted by Gasteiger charge is -2.11. The highest BCUT2D eigenvalue weighted by molar-refractivity contribution is 5.18. The first-order valence-corrected chi connectivity index (χ1v) is 5.32. The first-order chi connectivity index (χ1) is 5.80. The van der Waals surface area contributed by atoms with E-state index in [9.17, 15) is 0 Å². The van der Waals surface area contributed by atoms with E-state index < -0.39 is 0 Å². The summed E-state index contributed by atoms with van der Waals surface area (Å²) < 4.78 is 0. The minimum absolute atomic E-state index is 0.148. The highest BCUT2D eigenvalue weighted by atomic mass is 15.1. The van der Waals surface area contributed by atoms with Gasteiger partial charge >= 0.3 is 0 Å².